The van der Waals surface area contributed by atoms with Gasteiger partial charge in [-0.2, -0.15) is 0 Å². The molecule has 0 atom stereocenters. The quantitative estimate of drug-likeness (QED) is 0.645. The minimum atomic E-state index is -0.362. The zero-order valence-corrected chi connectivity index (χ0v) is 14.8. The topological polar surface area (TPSA) is 85.2 Å². The van der Waals surface area contributed by atoms with Gasteiger partial charge < -0.3 is 19.7 Å². The van der Waals surface area contributed by atoms with Crippen molar-refractivity contribution in [3.8, 4) is 5.75 Å². The van der Waals surface area contributed by atoms with Gasteiger partial charge >= 0.3 is 0 Å². The van der Waals surface area contributed by atoms with E-state index in [0.717, 1.165) is 17.7 Å². The molecule has 0 radical (unpaired) electrons. The Kier molecular flexibility index (Phi) is 4.27. The third kappa shape index (κ3) is 3.23. The number of aromatic amines is 1. The largest absolute Gasteiger partial charge is 0.510 e. The number of aromatic nitrogens is 2. The summed E-state index contributed by atoms with van der Waals surface area (Å²) in [6, 6.07) is 12.0. The summed E-state index contributed by atoms with van der Waals surface area (Å²) in [7, 11) is 1.63. The number of aliphatic hydroxyl groups is 1. The molecule has 138 valence electrons. The molecule has 0 aliphatic carbocycles. The van der Waals surface area contributed by atoms with Crippen molar-refractivity contribution >= 4 is 22.4 Å². The Balaban J connectivity index is 1.50. The fraction of sp³-hybridized carbons (Fsp3) is 0.200. The number of ether oxygens (including phenoxy) is 1. The van der Waals surface area contributed by atoms with E-state index in [4.69, 9.17) is 10.1 Å². The third-order valence-electron chi connectivity index (χ3n) is 4.69. The standard InChI is InChI=1S/C20H19FN4O2/c1-27-14-5-2-12(3-6-14)8-9-25-11-17(26)18(19(25)22)20-23-15-7-4-13(21)10-16(15)24-20/h2-7,10,22,26H,8-9,11H2,1H3,(H,23,24). The molecule has 27 heavy (non-hydrogen) atoms. The van der Waals surface area contributed by atoms with Gasteiger partial charge in [0.1, 0.15) is 29.0 Å². The molecule has 0 amide bonds. The second kappa shape index (κ2) is 6.75. The van der Waals surface area contributed by atoms with Crippen LogP contribution in [0, 0.1) is 11.2 Å². The van der Waals surface area contributed by atoms with Gasteiger partial charge in [0.25, 0.3) is 0 Å². The van der Waals surface area contributed by atoms with Crippen molar-refractivity contribution in [1.29, 1.82) is 5.41 Å². The highest BCUT2D eigenvalue weighted by Crippen LogP contribution is 2.27. The summed E-state index contributed by atoms with van der Waals surface area (Å²) in [5.74, 6) is 1.12. The van der Waals surface area contributed by atoms with Crippen molar-refractivity contribution in [2.75, 3.05) is 20.2 Å². The van der Waals surface area contributed by atoms with E-state index in [9.17, 15) is 9.50 Å². The van der Waals surface area contributed by atoms with Crippen LogP contribution in [-0.2, 0) is 6.42 Å². The molecule has 1 aromatic heterocycles. The van der Waals surface area contributed by atoms with Crippen LogP contribution in [0.1, 0.15) is 11.4 Å². The molecule has 3 aromatic rings. The number of rotatable bonds is 5. The van der Waals surface area contributed by atoms with E-state index in [1.54, 1.807) is 18.1 Å². The number of benzene rings is 2. The van der Waals surface area contributed by atoms with E-state index < -0.39 is 0 Å². The minimum absolute atomic E-state index is 0.0919. The van der Waals surface area contributed by atoms with Gasteiger partial charge in [-0.25, -0.2) is 9.37 Å². The van der Waals surface area contributed by atoms with Crippen LogP contribution >= 0.6 is 0 Å². The monoisotopic (exact) mass is 366 g/mol. The van der Waals surface area contributed by atoms with Crippen LogP contribution in [0.5, 0.6) is 5.75 Å². The zero-order valence-electron chi connectivity index (χ0n) is 14.8. The minimum Gasteiger partial charge on any atom is -0.510 e. The molecular weight excluding hydrogens is 347 g/mol. The molecule has 0 unspecified atom stereocenters. The fourth-order valence-electron chi connectivity index (χ4n) is 3.23. The van der Waals surface area contributed by atoms with Gasteiger partial charge in [0, 0.05) is 6.54 Å². The Hall–Kier alpha value is -3.35. The molecule has 0 saturated carbocycles. The summed E-state index contributed by atoms with van der Waals surface area (Å²) in [6.45, 7) is 0.851. The molecule has 0 fully saturated rings. The lowest BCUT2D eigenvalue weighted by atomic mass is 10.1. The number of amidine groups is 1. The molecule has 0 spiro atoms. The van der Waals surface area contributed by atoms with E-state index in [1.807, 2.05) is 24.3 Å². The summed E-state index contributed by atoms with van der Waals surface area (Å²) < 4.78 is 18.5. The van der Waals surface area contributed by atoms with Crippen LogP contribution < -0.4 is 4.74 Å². The molecular formula is C20H19FN4O2. The third-order valence-corrected chi connectivity index (χ3v) is 4.69. The lowest BCUT2D eigenvalue weighted by Crippen LogP contribution is -2.29. The molecule has 2 heterocycles. The predicted octanol–water partition coefficient (Wildman–Crippen LogP) is 3.52. The maximum absolute atomic E-state index is 13.4. The highest BCUT2D eigenvalue weighted by molar-refractivity contribution is 6.23. The summed E-state index contributed by atoms with van der Waals surface area (Å²) in [5.41, 5.74) is 2.61. The average Bonchev–Trinajstić information content (AvgIpc) is 3.19. The molecule has 1 aliphatic heterocycles. The summed E-state index contributed by atoms with van der Waals surface area (Å²) in [5, 5.41) is 18.8. The van der Waals surface area contributed by atoms with Gasteiger partial charge in [-0.05, 0) is 42.3 Å². The van der Waals surface area contributed by atoms with Crippen molar-refractivity contribution in [1.82, 2.24) is 14.9 Å². The van der Waals surface area contributed by atoms with Crippen LogP contribution in [0.3, 0.4) is 0 Å². The number of imidazole rings is 1. The Bertz CT molecular complexity index is 1040. The lowest BCUT2D eigenvalue weighted by Gasteiger charge is -2.18. The molecule has 0 saturated heterocycles. The normalized spacial score (nSPS) is 14.4. The van der Waals surface area contributed by atoms with Crippen molar-refractivity contribution in [3.05, 3.63) is 65.4 Å². The Morgan fingerprint density at radius 3 is 2.78 bits per heavy atom. The number of nitrogens with one attached hydrogen (secondary N) is 2. The SMILES string of the molecule is COc1ccc(CCN2CC(O)=C(c3nc4ccc(F)cc4[nH]3)C2=N)cc1. The second-order valence-corrected chi connectivity index (χ2v) is 6.44. The zero-order chi connectivity index (χ0) is 19.0. The highest BCUT2D eigenvalue weighted by Gasteiger charge is 2.30. The first-order chi connectivity index (χ1) is 13.0. The lowest BCUT2D eigenvalue weighted by molar-refractivity contribution is 0.351. The van der Waals surface area contributed by atoms with Gasteiger partial charge in [0.05, 0.1) is 30.3 Å². The number of hydrogen-bond donors (Lipinski definition) is 3. The highest BCUT2D eigenvalue weighted by atomic mass is 19.1. The number of methoxy groups -OCH3 is 1. The van der Waals surface area contributed by atoms with Crippen molar-refractivity contribution in [2.24, 2.45) is 0 Å². The van der Waals surface area contributed by atoms with E-state index in [-0.39, 0.29) is 24.0 Å². The number of aliphatic hydroxyl groups excluding tert-OH is 1. The van der Waals surface area contributed by atoms with Crippen LogP contribution in [0.15, 0.2) is 48.2 Å². The fourth-order valence-corrected chi connectivity index (χ4v) is 3.23. The Morgan fingerprint density at radius 1 is 1.26 bits per heavy atom. The van der Waals surface area contributed by atoms with Gasteiger partial charge in [-0.15, -0.1) is 0 Å². The maximum atomic E-state index is 13.4. The van der Waals surface area contributed by atoms with Crippen LogP contribution in [0.4, 0.5) is 4.39 Å². The molecule has 4 rings (SSSR count). The summed E-state index contributed by atoms with van der Waals surface area (Å²) >= 11 is 0. The summed E-state index contributed by atoms with van der Waals surface area (Å²) in [6.07, 6.45) is 0.734. The van der Waals surface area contributed by atoms with Gasteiger partial charge in [-0.1, -0.05) is 12.1 Å². The van der Waals surface area contributed by atoms with E-state index in [0.29, 0.717) is 29.0 Å². The van der Waals surface area contributed by atoms with Crippen molar-refractivity contribution in [3.63, 3.8) is 0 Å². The first kappa shape index (κ1) is 17.1. The molecule has 2 aromatic carbocycles. The van der Waals surface area contributed by atoms with Gasteiger partial charge in [0.2, 0.25) is 0 Å². The Morgan fingerprint density at radius 2 is 2.04 bits per heavy atom. The number of nitrogens with zero attached hydrogens (tertiary/aromatic N) is 2. The summed E-state index contributed by atoms with van der Waals surface area (Å²) in [4.78, 5) is 9.18. The van der Waals surface area contributed by atoms with Crippen molar-refractivity contribution in [2.45, 2.75) is 6.42 Å². The van der Waals surface area contributed by atoms with Gasteiger partial charge in [-0.3, -0.25) is 5.41 Å². The van der Waals surface area contributed by atoms with E-state index in [1.165, 1.54) is 12.1 Å². The maximum Gasteiger partial charge on any atom is 0.145 e. The molecule has 0 bridgehead atoms. The van der Waals surface area contributed by atoms with Crippen LogP contribution in [0.2, 0.25) is 0 Å². The molecule has 3 N–H and O–H groups in total. The Labute approximate surface area is 155 Å². The predicted molar refractivity (Wildman–Crippen MR) is 102 cm³/mol. The van der Waals surface area contributed by atoms with Gasteiger partial charge in [0.15, 0.2) is 0 Å². The van der Waals surface area contributed by atoms with Crippen LogP contribution in [-0.4, -0.2) is 46.0 Å². The first-order valence-corrected chi connectivity index (χ1v) is 8.59. The first-order valence-electron chi connectivity index (χ1n) is 8.59. The second-order valence-electron chi connectivity index (χ2n) is 6.44. The number of hydrogen-bond acceptors (Lipinski definition) is 4. The van der Waals surface area contributed by atoms with E-state index >= 15 is 0 Å². The molecule has 6 nitrogen and oxygen atoms in total. The number of halogens is 1. The van der Waals surface area contributed by atoms with Crippen molar-refractivity contribution < 1.29 is 14.2 Å². The number of fused-ring (bicyclic) bond motifs is 1. The van der Waals surface area contributed by atoms with Crippen LogP contribution in [0.25, 0.3) is 16.6 Å². The molecule has 7 heteroatoms. The average molecular weight is 366 g/mol. The molecule has 1 aliphatic rings. The van der Waals surface area contributed by atoms with E-state index in [2.05, 4.69) is 9.97 Å². The smallest absolute Gasteiger partial charge is 0.145 e. The number of H-pyrrole nitrogens is 1.